The van der Waals surface area contributed by atoms with Crippen LogP contribution < -0.4 is 5.32 Å². The molecule has 1 heterocycles. The molecule has 0 unspecified atom stereocenters. The smallest absolute Gasteiger partial charge is 0.239 e. The summed E-state index contributed by atoms with van der Waals surface area (Å²) in [6.45, 7) is 2.76. The molecule has 1 saturated carbocycles. The molecule has 0 bridgehead atoms. The topological polar surface area (TPSA) is 65.5 Å². The Hall–Kier alpha value is -1.46. The molecule has 5 nitrogen and oxygen atoms in total. The molecule has 1 aliphatic carbocycles. The van der Waals surface area contributed by atoms with Crippen LogP contribution >= 0.6 is 0 Å². The highest BCUT2D eigenvalue weighted by atomic mass is 16.3. The second-order valence-electron chi connectivity index (χ2n) is 6.23. The summed E-state index contributed by atoms with van der Waals surface area (Å²) < 4.78 is 0. The maximum absolute atomic E-state index is 12.0. The van der Waals surface area contributed by atoms with E-state index in [2.05, 4.69) is 10.3 Å². The molecule has 0 spiro atoms. The normalized spacial score (nSPS) is 17.7. The van der Waals surface area contributed by atoms with E-state index in [1.165, 1.54) is 6.42 Å². The van der Waals surface area contributed by atoms with Crippen LogP contribution in [0.25, 0.3) is 0 Å². The fourth-order valence-corrected chi connectivity index (χ4v) is 2.90. The van der Waals surface area contributed by atoms with Crippen LogP contribution in [-0.2, 0) is 4.79 Å². The number of aliphatic hydroxyl groups is 1. The zero-order valence-corrected chi connectivity index (χ0v) is 12.9. The second-order valence-corrected chi connectivity index (χ2v) is 6.23. The van der Waals surface area contributed by atoms with Crippen LogP contribution in [0.5, 0.6) is 0 Å². The highest BCUT2D eigenvalue weighted by molar-refractivity contribution is 5.91. The molecule has 0 saturated heterocycles. The van der Waals surface area contributed by atoms with Crippen molar-refractivity contribution in [3.63, 3.8) is 0 Å². The van der Waals surface area contributed by atoms with E-state index in [0.29, 0.717) is 12.4 Å². The van der Waals surface area contributed by atoms with Gasteiger partial charge < -0.3 is 10.4 Å². The second kappa shape index (κ2) is 7.00. The quantitative estimate of drug-likeness (QED) is 0.870. The Bertz CT molecular complexity index is 467. The maximum atomic E-state index is 12.0. The lowest BCUT2D eigenvalue weighted by Crippen LogP contribution is -2.45. The average molecular weight is 291 g/mol. The number of hydrogen-bond donors (Lipinski definition) is 2. The molecule has 0 atom stereocenters. The van der Waals surface area contributed by atoms with Crippen molar-refractivity contribution in [2.45, 2.75) is 44.6 Å². The summed E-state index contributed by atoms with van der Waals surface area (Å²) in [6, 6.07) is 3.71. The first kappa shape index (κ1) is 15.9. The Labute approximate surface area is 126 Å². The maximum Gasteiger partial charge on any atom is 0.239 e. The number of nitrogens with one attached hydrogen (secondary N) is 1. The van der Waals surface area contributed by atoms with Crippen molar-refractivity contribution in [2.24, 2.45) is 0 Å². The molecule has 1 amide bonds. The SMILES string of the molecule is Cc1ccc(NC(=O)CN(C)CC2(O)CCCCC2)nc1. The Morgan fingerprint density at radius 1 is 1.38 bits per heavy atom. The molecule has 2 N–H and O–H groups in total. The zero-order valence-electron chi connectivity index (χ0n) is 12.9. The third-order valence-corrected chi connectivity index (χ3v) is 3.94. The summed E-state index contributed by atoms with van der Waals surface area (Å²) in [7, 11) is 1.87. The number of aromatic nitrogens is 1. The summed E-state index contributed by atoms with van der Waals surface area (Å²) in [4.78, 5) is 18.0. The summed E-state index contributed by atoms with van der Waals surface area (Å²) in [6.07, 6.45) is 6.74. The molecule has 1 aromatic rings. The minimum absolute atomic E-state index is 0.103. The van der Waals surface area contributed by atoms with Gasteiger partial charge in [-0.15, -0.1) is 0 Å². The number of aryl methyl sites for hydroxylation is 1. The van der Waals surface area contributed by atoms with Gasteiger partial charge in [-0.3, -0.25) is 9.69 Å². The van der Waals surface area contributed by atoms with Gasteiger partial charge in [-0.05, 0) is 38.4 Å². The van der Waals surface area contributed by atoms with E-state index in [-0.39, 0.29) is 12.5 Å². The lowest BCUT2D eigenvalue weighted by atomic mass is 9.84. The highest BCUT2D eigenvalue weighted by Gasteiger charge is 2.30. The van der Waals surface area contributed by atoms with Crippen molar-refractivity contribution in [3.05, 3.63) is 23.9 Å². The summed E-state index contributed by atoms with van der Waals surface area (Å²) in [5, 5.41) is 13.3. The molecule has 1 fully saturated rings. The van der Waals surface area contributed by atoms with Gasteiger partial charge in [-0.1, -0.05) is 25.3 Å². The summed E-state index contributed by atoms with van der Waals surface area (Å²) in [5.41, 5.74) is 0.430. The predicted octanol–water partition coefficient (Wildman–Crippen LogP) is 1.96. The number of carbonyl (C=O) groups excluding carboxylic acids is 1. The van der Waals surface area contributed by atoms with E-state index in [1.54, 1.807) is 12.3 Å². The van der Waals surface area contributed by atoms with Gasteiger partial charge in [0.05, 0.1) is 12.1 Å². The van der Waals surface area contributed by atoms with Gasteiger partial charge in [0.1, 0.15) is 5.82 Å². The van der Waals surface area contributed by atoms with Gasteiger partial charge >= 0.3 is 0 Å². The van der Waals surface area contributed by atoms with Gasteiger partial charge in [0, 0.05) is 12.7 Å². The highest BCUT2D eigenvalue weighted by Crippen LogP contribution is 2.28. The molecular formula is C16H25N3O2. The van der Waals surface area contributed by atoms with Crippen LogP contribution in [0.3, 0.4) is 0 Å². The lowest BCUT2D eigenvalue weighted by Gasteiger charge is -2.35. The minimum Gasteiger partial charge on any atom is -0.389 e. The number of carbonyl (C=O) groups is 1. The first-order valence-electron chi connectivity index (χ1n) is 7.60. The monoisotopic (exact) mass is 291 g/mol. The molecular weight excluding hydrogens is 266 g/mol. The number of pyridine rings is 1. The molecule has 1 aliphatic rings. The van der Waals surface area contributed by atoms with E-state index in [1.807, 2.05) is 24.9 Å². The largest absolute Gasteiger partial charge is 0.389 e. The standard InChI is InChI=1S/C16H25N3O2/c1-13-6-7-14(17-10-13)18-15(20)11-19(2)12-16(21)8-4-3-5-9-16/h6-7,10,21H,3-5,8-9,11-12H2,1-2H3,(H,17,18,20). The Morgan fingerprint density at radius 2 is 2.10 bits per heavy atom. The number of nitrogens with zero attached hydrogens (tertiary/aromatic N) is 2. The third-order valence-electron chi connectivity index (χ3n) is 3.94. The van der Waals surface area contributed by atoms with E-state index in [0.717, 1.165) is 31.2 Å². The van der Waals surface area contributed by atoms with Crippen molar-refractivity contribution < 1.29 is 9.90 Å². The van der Waals surface area contributed by atoms with Crippen molar-refractivity contribution >= 4 is 11.7 Å². The molecule has 2 rings (SSSR count). The molecule has 1 aromatic heterocycles. The van der Waals surface area contributed by atoms with Crippen LogP contribution in [0.1, 0.15) is 37.7 Å². The number of rotatable bonds is 5. The third kappa shape index (κ3) is 5.10. The predicted molar refractivity (Wildman–Crippen MR) is 83.1 cm³/mol. The molecule has 0 aliphatic heterocycles. The fourth-order valence-electron chi connectivity index (χ4n) is 2.90. The molecule has 0 radical (unpaired) electrons. The lowest BCUT2D eigenvalue weighted by molar-refractivity contribution is -0.118. The van der Waals surface area contributed by atoms with Crippen LogP contribution in [0, 0.1) is 6.92 Å². The summed E-state index contributed by atoms with van der Waals surface area (Å²) >= 11 is 0. The van der Waals surface area contributed by atoms with Crippen molar-refractivity contribution in [3.8, 4) is 0 Å². The van der Waals surface area contributed by atoms with E-state index >= 15 is 0 Å². The van der Waals surface area contributed by atoms with Gasteiger partial charge in [0.15, 0.2) is 0 Å². The van der Waals surface area contributed by atoms with Crippen molar-refractivity contribution in [1.82, 2.24) is 9.88 Å². The minimum atomic E-state index is -0.630. The van der Waals surface area contributed by atoms with Gasteiger partial charge in [0.2, 0.25) is 5.91 Å². The average Bonchev–Trinajstić information content (AvgIpc) is 2.41. The molecule has 5 heteroatoms. The molecule has 0 aromatic carbocycles. The first-order chi connectivity index (χ1) is 9.97. The van der Waals surface area contributed by atoms with Crippen LogP contribution in [-0.4, -0.2) is 46.6 Å². The Balaban J connectivity index is 1.80. The van der Waals surface area contributed by atoms with Crippen LogP contribution in [0.4, 0.5) is 5.82 Å². The molecule has 116 valence electrons. The zero-order chi connectivity index (χ0) is 15.3. The Kier molecular flexibility index (Phi) is 5.31. The van der Waals surface area contributed by atoms with Gasteiger partial charge in [-0.25, -0.2) is 4.98 Å². The Morgan fingerprint density at radius 3 is 2.71 bits per heavy atom. The van der Waals surface area contributed by atoms with E-state index < -0.39 is 5.60 Å². The number of amides is 1. The van der Waals surface area contributed by atoms with Gasteiger partial charge in [0.25, 0.3) is 0 Å². The number of anilines is 1. The fraction of sp³-hybridized carbons (Fsp3) is 0.625. The van der Waals surface area contributed by atoms with Crippen molar-refractivity contribution in [2.75, 3.05) is 25.5 Å². The van der Waals surface area contributed by atoms with E-state index in [4.69, 9.17) is 0 Å². The van der Waals surface area contributed by atoms with Crippen LogP contribution in [0.15, 0.2) is 18.3 Å². The van der Waals surface area contributed by atoms with Crippen LogP contribution in [0.2, 0.25) is 0 Å². The van der Waals surface area contributed by atoms with Gasteiger partial charge in [-0.2, -0.15) is 0 Å². The number of likely N-dealkylation sites (N-methyl/N-ethyl adjacent to an activating group) is 1. The van der Waals surface area contributed by atoms with E-state index in [9.17, 15) is 9.90 Å². The molecule has 21 heavy (non-hydrogen) atoms. The number of hydrogen-bond acceptors (Lipinski definition) is 4. The van der Waals surface area contributed by atoms with Crippen molar-refractivity contribution in [1.29, 1.82) is 0 Å². The summed E-state index contributed by atoms with van der Waals surface area (Å²) in [5.74, 6) is 0.462. The first-order valence-corrected chi connectivity index (χ1v) is 7.60.